The second-order valence-corrected chi connectivity index (χ2v) is 8.21. The molecule has 0 fully saturated rings. The number of anilines is 1. The molecular weight excluding hydrogens is 354 g/mol. The van der Waals surface area contributed by atoms with Crippen LogP contribution in [0.3, 0.4) is 0 Å². The van der Waals surface area contributed by atoms with E-state index in [1.165, 1.54) is 6.26 Å². The van der Waals surface area contributed by atoms with E-state index in [0.717, 1.165) is 42.6 Å². The largest absolute Gasteiger partial charge is 0.295 e. The molecule has 0 amide bonds. The standard InChI is InChI=1S/C18H27N3O2S2/c1-5-20(6-2)21(13-24)17-12-8-10-15(17)16-11-7-9-14(3)18(16)19-25(4,22)23/h7,9-11,13,17,19H,5-6,8,12H2,1-4H3. The first kappa shape index (κ1) is 19.9. The van der Waals surface area contributed by atoms with E-state index < -0.39 is 10.0 Å². The molecule has 1 aromatic carbocycles. The lowest BCUT2D eigenvalue weighted by Crippen LogP contribution is -2.47. The molecule has 1 aliphatic carbocycles. The number of hydrogen-bond donors (Lipinski definition) is 1. The minimum atomic E-state index is -3.35. The van der Waals surface area contributed by atoms with Gasteiger partial charge < -0.3 is 0 Å². The van der Waals surface area contributed by atoms with Gasteiger partial charge in [-0.15, -0.1) is 0 Å². The van der Waals surface area contributed by atoms with Gasteiger partial charge in [0.15, 0.2) is 0 Å². The van der Waals surface area contributed by atoms with Crippen molar-refractivity contribution in [2.75, 3.05) is 24.1 Å². The van der Waals surface area contributed by atoms with Crippen molar-refractivity contribution in [3.05, 3.63) is 35.4 Å². The molecule has 0 heterocycles. The van der Waals surface area contributed by atoms with Crippen LogP contribution >= 0.6 is 12.2 Å². The molecule has 0 aromatic heterocycles. The fourth-order valence-electron chi connectivity index (χ4n) is 3.37. The second-order valence-electron chi connectivity index (χ2n) is 6.25. The monoisotopic (exact) mass is 381 g/mol. The molecule has 0 saturated heterocycles. The van der Waals surface area contributed by atoms with E-state index >= 15 is 0 Å². The Kier molecular flexibility index (Phi) is 6.59. The molecule has 0 saturated carbocycles. The summed E-state index contributed by atoms with van der Waals surface area (Å²) in [5, 5.41) is 4.32. The van der Waals surface area contributed by atoms with Crippen molar-refractivity contribution in [1.29, 1.82) is 0 Å². The molecule has 0 bridgehead atoms. The van der Waals surface area contributed by atoms with Crippen LogP contribution in [0.2, 0.25) is 0 Å². The lowest BCUT2D eigenvalue weighted by molar-refractivity contribution is 0.0442. The van der Waals surface area contributed by atoms with Crippen molar-refractivity contribution in [3.63, 3.8) is 0 Å². The van der Waals surface area contributed by atoms with Gasteiger partial charge in [-0.05, 0) is 30.9 Å². The van der Waals surface area contributed by atoms with Crippen molar-refractivity contribution >= 4 is 39.0 Å². The van der Waals surface area contributed by atoms with E-state index in [0.29, 0.717) is 5.69 Å². The number of benzene rings is 1. The highest BCUT2D eigenvalue weighted by atomic mass is 32.2. The number of nitrogens with zero attached hydrogens (tertiary/aromatic N) is 2. The Morgan fingerprint density at radius 2 is 2.00 bits per heavy atom. The summed E-state index contributed by atoms with van der Waals surface area (Å²) in [5.74, 6) is 0. The van der Waals surface area contributed by atoms with Gasteiger partial charge in [0.05, 0.1) is 23.5 Å². The molecule has 0 spiro atoms. The molecule has 2 rings (SSSR count). The first-order valence-corrected chi connectivity index (χ1v) is 10.9. The molecule has 138 valence electrons. The highest BCUT2D eigenvalue weighted by Gasteiger charge is 2.30. The Hall–Kier alpha value is -1.44. The van der Waals surface area contributed by atoms with Gasteiger partial charge in [0, 0.05) is 18.7 Å². The van der Waals surface area contributed by atoms with E-state index in [-0.39, 0.29) is 6.04 Å². The van der Waals surface area contributed by atoms with Crippen LogP contribution in [0.1, 0.15) is 37.8 Å². The molecule has 5 nitrogen and oxygen atoms in total. The number of hydrogen-bond acceptors (Lipinski definition) is 4. The summed E-state index contributed by atoms with van der Waals surface area (Å²) >= 11 is 5.29. The Balaban J connectivity index is 2.47. The third kappa shape index (κ3) is 4.59. The van der Waals surface area contributed by atoms with Crippen molar-refractivity contribution in [3.8, 4) is 0 Å². The summed E-state index contributed by atoms with van der Waals surface area (Å²) in [4.78, 5) is 0. The number of hydrazine groups is 1. The SMILES string of the molecule is CCN(CC)N(C=S)C1CCC=C1c1cccc(C)c1NS(C)(=O)=O. The molecule has 1 aromatic rings. The zero-order chi connectivity index (χ0) is 18.6. The van der Waals surface area contributed by atoms with Gasteiger partial charge in [-0.1, -0.05) is 50.3 Å². The summed E-state index contributed by atoms with van der Waals surface area (Å²) < 4.78 is 26.3. The molecule has 1 atom stereocenters. The van der Waals surface area contributed by atoms with E-state index in [4.69, 9.17) is 12.2 Å². The number of sulfonamides is 1. The topological polar surface area (TPSA) is 52.6 Å². The second kappa shape index (κ2) is 8.29. The Morgan fingerprint density at radius 1 is 1.32 bits per heavy atom. The van der Waals surface area contributed by atoms with Crippen molar-refractivity contribution in [1.82, 2.24) is 10.0 Å². The fourth-order valence-corrected chi connectivity index (χ4v) is 4.29. The highest BCUT2D eigenvalue weighted by Crippen LogP contribution is 2.37. The van der Waals surface area contributed by atoms with Gasteiger partial charge in [0.25, 0.3) is 0 Å². The van der Waals surface area contributed by atoms with Crippen molar-refractivity contribution in [2.24, 2.45) is 0 Å². The summed E-state index contributed by atoms with van der Waals surface area (Å²) in [5.41, 5.74) is 5.33. The minimum absolute atomic E-state index is 0.124. The number of para-hydroxylation sites is 1. The van der Waals surface area contributed by atoms with Crippen LogP contribution in [0.15, 0.2) is 24.3 Å². The zero-order valence-electron chi connectivity index (χ0n) is 15.3. The fraction of sp³-hybridized carbons (Fsp3) is 0.500. The maximum Gasteiger partial charge on any atom is 0.229 e. The quantitative estimate of drug-likeness (QED) is 0.552. The number of allylic oxidation sites excluding steroid dienone is 1. The van der Waals surface area contributed by atoms with Crippen LogP contribution in [-0.4, -0.2) is 49.3 Å². The van der Waals surface area contributed by atoms with Gasteiger partial charge in [-0.3, -0.25) is 9.73 Å². The van der Waals surface area contributed by atoms with Crippen LogP contribution in [0.25, 0.3) is 5.57 Å². The van der Waals surface area contributed by atoms with Gasteiger partial charge in [-0.2, -0.15) is 0 Å². The summed E-state index contributed by atoms with van der Waals surface area (Å²) in [7, 11) is -3.35. The van der Waals surface area contributed by atoms with Gasteiger partial charge in [0.2, 0.25) is 10.0 Å². The van der Waals surface area contributed by atoms with E-state index in [1.54, 1.807) is 5.49 Å². The Labute approximate surface area is 156 Å². The van der Waals surface area contributed by atoms with Crippen LogP contribution in [0.4, 0.5) is 5.69 Å². The van der Waals surface area contributed by atoms with Crippen LogP contribution in [0.5, 0.6) is 0 Å². The Morgan fingerprint density at radius 3 is 2.56 bits per heavy atom. The molecule has 7 heteroatoms. The van der Waals surface area contributed by atoms with Gasteiger partial charge in [0.1, 0.15) is 0 Å². The van der Waals surface area contributed by atoms with Crippen molar-refractivity contribution < 1.29 is 8.42 Å². The number of nitrogens with one attached hydrogen (secondary N) is 1. The molecule has 25 heavy (non-hydrogen) atoms. The molecule has 0 aliphatic heterocycles. The third-order valence-electron chi connectivity index (χ3n) is 4.52. The van der Waals surface area contributed by atoms with Gasteiger partial charge in [-0.25, -0.2) is 13.4 Å². The van der Waals surface area contributed by atoms with Crippen molar-refractivity contribution in [2.45, 2.75) is 39.7 Å². The van der Waals surface area contributed by atoms with E-state index in [2.05, 4.69) is 34.7 Å². The maximum atomic E-state index is 11.8. The lowest BCUT2D eigenvalue weighted by atomic mass is 9.97. The smallest absolute Gasteiger partial charge is 0.229 e. The predicted molar refractivity (Wildman–Crippen MR) is 109 cm³/mol. The molecule has 0 radical (unpaired) electrons. The van der Waals surface area contributed by atoms with Crippen LogP contribution in [0, 0.1) is 6.92 Å². The molecular formula is C18H27N3O2S2. The summed E-state index contributed by atoms with van der Waals surface area (Å²) in [6.07, 6.45) is 5.30. The number of thiocarbonyl (C=S) groups is 1. The first-order chi connectivity index (χ1) is 11.8. The normalized spacial score (nSPS) is 17.5. The van der Waals surface area contributed by atoms with E-state index in [9.17, 15) is 8.42 Å². The molecule has 1 N–H and O–H groups in total. The summed E-state index contributed by atoms with van der Waals surface area (Å²) in [6.45, 7) is 7.88. The van der Waals surface area contributed by atoms with Crippen LogP contribution < -0.4 is 4.72 Å². The number of aryl methyl sites for hydroxylation is 1. The lowest BCUT2D eigenvalue weighted by Gasteiger charge is -2.38. The highest BCUT2D eigenvalue weighted by molar-refractivity contribution is 7.92. The van der Waals surface area contributed by atoms with E-state index in [1.807, 2.05) is 25.1 Å². The first-order valence-electron chi connectivity index (χ1n) is 8.58. The average molecular weight is 382 g/mol. The zero-order valence-corrected chi connectivity index (χ0v) is 17.0. The number of rotatable bonds is 8. The third-order valence-corrected chi connectivity index (χ3v) is 5.31. The average Bonchev–Trinajstić information content (AvgIpc) is 3.02. The maximum absolute atomic E-state index is 11.8. The molecule has 1 unspecified atom stereocenters. The molecule has 1 aliphatic rings. The summed E-state index contributed by atoms with van der Waals surface area (Å²) in [6, 6.07) is 5.99. The van der Waals surface area contributed by atoms with Crippen LogP contribution in [-0.2, 0) is 10.0 Å². The van der Waals surface area contributed by atoms with Gasteiger partial charge >= 0.3 is 0 Å². The Bertz CT molecular complexity index is 756. The predicted octanol–water partition coefficient (Wildman–Crippen LogP) is 3.43. The minimum Gasteiger partial charge on any atom is -0.295 e.